The maximum atomic E-state index is 12.9. The predicted octanol–water partition coefficient (Wildman–Crippen LogP) is 1.88. The van der Waals surface area contributed by atoms with Crippen LogP contribution in [0.4, 0.5) is 5.13 Å². The molecule has 0 saturated heterocycles. The van der Waals surface area contributed by atoms with Crippen molar-refractivity contribution in [2.24, 2.45) is 4.99 Å². The fourth-order valence-corrected chi connectivity index (χ4v) is 3.29. The fraction of sp³-hybridized carbons (Fsp3) is 0.438. The maximum absolute atomic E-state index is 12.9. The van der Waals surface area contributed by atoms with Gasteiger partial charge in [0.15, 0.2) is 0 Å². The van der Waals surface area contributed by atoms with Gasteiger partial charge in [-0.2, -0.15) is 4.99 Å². The van der Waals surface area contributed by atoms with Gasteiger partial charge >= 0.3 is 0 Å². The smallest absolute Gasteiger partial charge is 0.252 e. The molecule has 0 fully saturated rings. The van der Waals surface area contributed by atoms with Crippen molar-refractivity contribution in [2.45, 2.75) is 39.3 Å². The first-order valence-electron chi connectivity index (χ1n) is 7.91. The van der Waals surface area contributed by atoms with Gasteiger partial charge in [-0.25, -0.2) is 0 Å². The van der Waals surface area contributed by atoms with Crippen molar-refractivity contribution in [2.75, 3.05) is 11.9 Å². The van der Waals surface area contributed by atoms with Crippen LogP contribution in [0.25, 0.3) is 0 Å². The van der Waals surface area contributed by atoms with Crippen LogP contribution in [0.15, 0.2) is 28.9 Å². The van der Waals surface area contributed by atoms with Crippen LogP contribution in [0.2, 0.25) is 0 Å². The zero-order valence-electron chi connectivity index (χ0n) is 14.3. The normalized spacial score (nSPS) is 22.4. The van der Waals surface area contributed by atoms with Gasteiger partial charge in [-0.3, -0.25) is 14.9 Å². The summed E-state index contributed by atoms with van der Waals surface area (Å²) in [4.78, 5) is 30.7. The predicted molar refractivity (Wildman–Crippen MR) is 94.1 cm³/mol. The summed E-state index contributed by atoms with van der Waals surface area (Å²) in [6, 6.07) is 0. The molecule has 0 aromatic carbocycles. The van der Waals surface area contributed by atoms with E-state index in [2.05, 4.69) is 20.5 Å². The van der Waals surface area contributed by atoms with E-state index in [-0.39, 0.29) is 18.2 Å². The molecule has 0 aliphatic carbocycles. The number of hydrogen-bond acceptors (Lipinski definition) is 7. The molecule has 132 valence electrons. The number of amidine groups is 1. The van der Waals surface area contributed by atoms with Crippen molar-refractivity contribution in [3.8, 4) is 0 Å². The van der Waals surface area contributed by atoms with Gasteiger partial charge in [0.05, 0.1) is 6.42 Å². The molecule has 3 rings (SSSR count). The van der Waals surface area contributed by atoms with Crippen LogP contribution < -0.4 is 5.32 Å². The third kappa shape index (κ3) is 3.52. The highest BCUT2D eigenvalue weighted by Crippen LogP contribution is 2.30. The van der Waals surface area contributed by atoms with Gasteiger partial charge in [0.25, 0.3) is 11.8 Å². The van der Waals surface area contributed by atoms with Crippen LogP contribution >= 0.6 is 11.3 Å². The molecule has 0 saturated carbocycles. The number of fused-ring (bicyclic) bond motifs is 1. The minimum Gasteiger partial charge on any atom is -0.374 e. The molecule has 1 N–H and O–H groups in total. The van der Waals surface area contributed by atoms with E-state index >= 15 is 0 Å². The zero-order chi connectivity index (χ0) is 18.0. The Hall–Kier alpha value is -2.39. The molecule has 1 unspecified atom stereocenters. The molecule has 25 heavy (non-hydrogen) atoms. The number of aromatic nitrogens is 2. The van der Waals surface area contributed by atoms with E-state index in [9.17, 15) is 9.59 Å². The first-order valence-corrected chi connectivity index (χ1v) is 8.73. The van der Waals surface area contributed by atoms with Crippen LogP contribution in [0.1, 0.15) is 32.2 Å². The monoisotopic (exact) mass is 361 g/mol. The highest BCUT2D eigenvalue weighted by Gasteiger charge is 2.45. The lowest BCUT2D eigenvalue weighted by molar-refractivity contribution is -0.130. The zero-order valence-corrected chi connectivity index (χ0v) is 15.1. The van der Waals surface area contributed by atoms with E-state index in [1.165, 1.54) is 11.3 Å². The topological polar surface area (TPSA) is 96.8 Å². The molecule has 0 spiro atoms. The summed E-state index contributed by atoms with van der Waals surface area (Å²) in [5.74, 6) is -0.175. The molecule has 2 aliphatic heterocycles. The Morgan fingerprint density at radius 3 is 3.04 bits per heavy atom. The second-order valence-corrected chi connectivity index (χ2v) is 7.04. The van der Waals surface area contributed by atoms with Crippen LogP contribution in [-0.4, -0.2) is 44.9 Å². The summed E-state index contributed by atoms with van der Waals surface area (Å²) >= 11 is 1.25. The van der Waals surface area contributed by atoms with E-state index in [0.29, 0.717) is 29.2 Å². The molecular weight excluding hydrogens is 342 g/mol. The molecule has 2 amide bonds. The molecule has 9 heteroatoms. The molecule has 1 atom stereocenters. The number of aliphatic imine (C=N–C) groups is 1. The molecule has 1 aromatic heterocycles. The first kappa shape index (κ1) is 17.4. The van der Waals surface area contributed by atoms with E-state index in [1.54, 1.807) is 24.1 Å². The third-order valence-electron chi connectivity index (χ3n) is 3.96. The lowest BCUT2D eigenvalue weighted by atomic mass is 9.91. The summed E-state index contributed by atoms with van der Waals surface area (Å²) in [5, 5.41) is 11.8. The first-order chi connectivity index (χ1) is 11.9. The van der Waals surface area contributed by atoms with Crippen LogP contribution in [0, 0.1) is 0 Å². The van der Waals surface area contributed by atoms with Crippen molar-refractivity contribution in [1.82, 2.24) is 15.1 Å². The number of rotatable bonds is 5. The van der Waals surface area contributed by atoms with Gasteiger partial charge in [0.2, 0.25) is 5.13 Å². The summed E-state index contributed by atoms with van der Waals surface area (Å²) < 4.78 is 5.28. The Bertz CT molecular complexity index is 797. The lowest BCUT2D eigenvalue weighted by Gasteiger charge is -2.41. The standard InChI is InChI=1S/C16H19N5O3S/c1-4-24-9-13-19-20-15(25-13)18-14(23)16(3)8-12(22)17-11-7-10(2)5-6-21(11)16/h5-7H,4,8-9H2,1-3H3,(H,18,20,23). The Labute approximate surface area is 149 Å². The van der Waals surface area contributed by atoms with Crippen molar-refractivity contribution in [1.29, 1.82) is 0 Å². The number of carbonyl (C=O) groups is 2. The van der Waals surface area contributed by atoms with Gasteiger partial charge in [-0.05, 0) is 38.5 Å². The molecule has 8 nitrogen and oxygen atoms in total. The average Bonchev–Trinajstić information content (AvgIpc) is 2.99. The number of allylic oxidation sites excluding steroid dienone is 2. The Balaban J connectivity index is 1.79. The van der Waals surface area contributed by atoms with Gasteiger partial charge in [0.1, 0.15) is 23.0 Å². The minimum atomic E-state index is -1.08. The number of nitrogens with zero attached hydrogens (tertiary/aromatic N) is 4. The molecule has 1 aromatic rings. The number of amides is 2. The summed E-state index contributed by atoms with van der Waals surface area (Å²) in [6.45, 7) is 6.46. The van der Waals surface area contributed by atoms with Gasteiger partial charge in [-0.15, -0.1) is 10.2 Å². The summed E-state index contributed by atoms with van der Waals surface area (Å²) in [5.41, 5.74) is -0.106. The van der Waals surface area contributed by atoms with E-state index < -0.39 is 5.54 Å². The van der Waals surface area contributed by atoms with Crippen molar-refractivity contribution in [3.63, 3.8) is 0 Å². The lowest BCUT2D eigenvalue weighted by Crippen LogP contribution is -2.58. The highest BCUT2D eigenvalue weighted by molar-refractivity contribution is 7.15. The van der Waals surface area contributed by atoms with Gasteiger partial charge < -0.3 is 9.64 Å². The average molecular weight is 361 g/mol. The Kier molecular flexibility index (Phi) is 4.78. The van der Waals surface area contributed by atoms with Gasteiger partial charge in [0, 0.05) is 12.8 Å². The molecule has 2 aliphatic rings. The molecule has 0 radical (unpaired) electrons. The van der Waals surface area contributed by atoms with Crippen molar-refractivity contribution < 1.29 is 14.3 Å². The van der Waals surface area contributed by atoms with Crippen LogP contribution in [-0.2, 0) is 20.9 Å². The van der Waals surface area contributed by atoms with Crippen molar-refractivity contribution >= 4 is 34.1 Å². The SMILES string of the molecule is CCOCc1nnc(NC(=O)C2(C)CC(=O)N=C3C=C(C)C=CN32)s1. The van der Waals surface area contributed by atoms with E-state index in [1.807, 2.05) is 19.9 Å². The molecular formula is C16H19N5O3S. The Morgan fingerprint density at radius 2 is 2.28 bits per heavy atom. The van der Waals surface area contributed by atoms with Crippen LogP contribution in [0.3, 0.4) is 0 Å². The highest BCUT2D eigenvalue weighted by atomic mass is 32.1. The van der Waals surface area contributed by atoms with E-state index in [0.717, 1.165) is 5.57 Å². The number of carbonyl (C=O) groups excluding carboxylic acids is 2. The Morgan fingerprint density at radius 1 is 1.48 bits per heavy atom. The number of anilines is 1. The molecule has 0 bridgehead atoms. The number of hydrogen-bond donors (Lipinski definition) is 1. The maximum Gasteiger partial charge on any atom is 0.252 e. The third-order valence-corrected chi connectivity index (χ3v) is 4.77. The molecule has 3 heterocycles. The number of ether oxygens (including phenoxy) is 1. The quantitative estimate of drug-likeness (QED) is 0.860. The largest absolute Gasteiger partial charge is 0.374 e. The second kappa shape index (κ2) is 6.85. The van der Waals surface area contributed by atoms with Crippen LogP contribution in [0.5, 0.6) is 0 Å². The van der Waals surface area contributed by atoms with Gasteiger partial charge in [-0.1, -0.05) is 11.3 Å². The van der Waals surface area contributed by atoms with E-state index in [4.69, 9.17) is 4.74 Å². The van der Waals surface area contributed by atoms with Crippen molar-refractivity contribution in [3.05, 3.63) is 28.9 Å². The summed E-state index contributed by atoms with van der Waals surface area (Å²) in [7, 11) is 0. The minimum absolute atomic E-state index is 0.00975. The fourth-order valence-electron chi connectivity index (χ4n) is 2.61. The summed E-state index contributed by atoms with van der Waals surface area (Å²) in [6.07, 6.45) is 5.43. The second-order valence-electron chi connectivity index (χ2n) is 5.98. The number of nitrogens with one attached hydrogen (secondary N) is 1.